The summed E-state index contributed by atoms with van der Waals surface area (Å²) >= 11 is 0. The van der Waals surface area contributed by atoms with Crippen molar-refractivity contribution in [1.29, 1.82) is 0 Å². The molecule has 0 aromatic heterocycles. The summed E-state index contributed by atoms with van der Waals surface area (Å²) in [6.45, 7) is 2.64. The smallest absolute Gasteiger partial charge is 0.00213 e. The lowest BCUT2D eigenvalue weighted by Gasteiger charge is -2.01. The quantitative estimate of drug-likeness (QED) is 0.626. The predicted octanol–water partition coefficient (Wildman–Crippen LogP) is 2.89. The third kappa shape index (κ3) is 3.07. The van der Waals surface area contributed by atoms with Crippen LogP contribution in [0.2, 0.25) is 0 Å². The first-order chi connectivity index (χ1) is 7.36. The summed E-state index contributed by atoms with van der Waals surface area (Å²) in [7, 11) is 2.17. The third-order valence-electron chi connectivity index (χ3n) is 3.34. The zero-order valence-corrected chi connectivity index (χ0v) is 9.71. The highest BCUT2D eigenvalue weighted by atomic mass is 15.1. The van der Waals surface area contributed by atoms with Crippen molar-refractivity contribution in [3.63, 3.8) is 0 Å². The van der Waals surface area contributed by atoms with Crippen molar-refractivity contribution in [2.24, 2.45) is 0 Å². The van der Waals surface area contributed by atoms with E-state index < -0.39 is 0 Å². The average molecular weight is 203 g/mol. The van der Waals surface area contributed by atoms with Crippen LogP contribution in [0.1, 0.15) is 30.4 Å². The van der Waals surface area contributed by atoms with E-state index in [2.05, 4.69) is 36.2 Å². The van der Waals surface area contributed by atoms with Crippen LogP contribution in [0, 0.1) is 0 Å². The van der Waals surface area contributed by atoms with Crippen LogP contribution in [0.3, 0.4) is 0 Å². The molecule has 1 heterocycles. The lowest BCUT2D eigenvalue weighted by molar-refractivity contribution is 0.418. The Morgan fingerprint density at radius 2 is 1.40 bits per heavy atom. The maximum Gasteiger partial charge on any atom is -0.00213 e. The number of hydrogen-bond acceptors (Lipinski definition) is 1. The molecular formula is C14H21N. The average Bonchev–Trinajstić information content (AvgIpc) is 2.88. The van der Waals surface area contributed by atoms with Gasteiger partial charge in [-0.3, -0.25) is 0 Å². The first-order valence-corrected chi connectivity index (χ1v) is 6.11. The summed E-state index contributed by atoms with van der Waals surface area (Å²) in [5.41, 5.74) is 3.13. The molecule has 0 spiro atoms. The van der Waals surface area contributed by atoms with Crippen molar-refractivity contribution in [3.05, 3.63) is 35.4 Å². The molecule has 0 bridgehead atoms. The monoisotopic (exact) mass is 203 g/mol. The molecule has 0 N–H and O–H groups in total. The molecule has 1 aliphatic heterocycles. The molecule has 1 aliphatic carbocycles. The fourth-order valence-electron chi connectivity index (χ4n) is 2.39. The fourth-order valence-corrected chi connectivity index (χ4v) is 2.39. The van der Waals surface area contributed by atoms with Crippen LogP contribution in [0.15, 0.2) is 24.3 Å². The molecule has 2 aliphatic rings. The van der Waals surface area contributed by atoms with Gasteiger partial charge in [-0.1, -0.05) is 24.3 Å². The number of aryl methyl sites for hydroxylation is 2. The predicted molar refractivity (Wildman–Crippen MR) is 65.2 cm³/mol. The van der Waals surface area contributed by atoms with Crippen molar-refractivity contribution in [1.82, 2.24) is 4.90 Å². The summed E-state index contributed by atoms with van der Waals surface area (Å²) in [6, 6.07) is 8.74. The van der Waals surface area contributed by atoms with Gasteiger partial charge >= 0.3 is 0 Å². The topological polar surface area (TPSA) is 3.24 Å². The van der Waals surface area contributed by atoms with E-state index in [1.54, 1.807) is 11.1 Å². The first-order valence-electron chi connectivity index (χ1n) is 6.11. The molecule has 1 aromatic rings. The normalized spacial score (nSPS) is 19.5. The molecule has 1 heteroatoms. The fraction of sp³-hybridized carbons (Fsp3) is 0.571. The Balaban J connectivity index is 0.000000124. The SMILES string of the molecule is CN1CCCC1.c1ccc2c(c1)CCC2. The van der Waals surface area contributed by atoms with Gasteiger partial charge in [-0.15, -0.1) is 0 Å². The molecule has 15 heavy (non-hydrogen) atoms. The van der Waals surface area contributed by atoms with E-state index in [1.165, 1.54) is 45.2 Å². The van der Waals surface area contributed by atoms with Crippen LogP contribution in [0.25, 0.3) is 0 Å². The number of hydrogen-bond donors (Lipinski definition) is 0. The summed E-state index contributed by atoms with van der Waals surface area (Å²) in [6.07, 6.45) is 6.79. The van der Waals surface area contributed by atoms with E-state index in [0.29, 0.717) is 0 Å². The molecule has 1 saturated heterocycles. The van der Waals surface area contributed by atoms with Crippen LogP contribution in [-0.2, 0) is 12.8 Å². The lowest BCUT2D eigenvalue weighted by atomic mass is 10.1. The van der Waals surface area contributed by atoms with Crippen LogP contribution in [-0.4, -0.2) is 25.0 Å². The minimum Gasteiger partial charge on any atom is -0.306 e. The molecule has 1 aromatic carbocycles. The highest BCUT2D eigenvalue weighted by Crippen LogP contribution is 2.20. The summed E-state index contributed by atoms with van der Waals surface area (Å²) < 4.78 is 0. The Morgan fingerprint density at radius 1 is 0.867 bits per heavy atom. The molecule has 3 rings (SSSR count). The van der Waals surface area contributed by atoms with E-state index in [9.17, 15) is 0 Å². The van der Waals surface area contributed by atoms with E-state index in [4.69, 9.17) is 0 Å². The molecule has 0 unspecified atom stereocenters. The molecule has 0 amide bonds. The van der Waals surface area contributed by atoms with Gasteiger partial charge < -0.3 is 4.90 Å². The van der Waals surface area contributed by atoms with Crippen molar-refractivity contribution in [2.45, 2.75) is 32.1 Å². The van der Waals surface area contributed by atoms with Gasteiger partial charge in [-0.05, 0) is 63.4 Å². The van der Waals surface area contributed by atoms with E-state index in [-0.39, 0.29) is 0 Å². The standard InChI is InChI=1S/C9H10.C5H11N/c1-2-5-9-7-3-6-8(9)4-1;1-6-4-2-3-5-6/h1-2,4-5H,3,6-7H2;2-5H2,1H3. The Bertz CT molecular complexity index is 277. The molecule has 1 nitrogen and oxygen atoms in total. The second-order valence-corrected chi connectivity index (χ2v) is 4.63. The second kappa shape index (κ2) is 5.32. The van der Waals surface area contributed by atoms with Crippen molar-refractivity contribution in [3.8, 4) is 0 Å². The van der Waals surface area contributed by atoms with Crippen LogP contribution >= 0.6 is 0 Å². The van der Waals surface area contributed by atoms with Crippen molar-refractivity contribution >= 4 is 0 Å². The number of likely N-dealkylation sites (tertiary alicyclic amines) is 1. The zero-order valence-electron chi connectivity index (χ0n) is 9.71. The van der Waals surface area contributed by atoms with E-state index in [1.807, 2.05) is 0 Å². The molecular weight excluding hydrogens is 182 g/mol. The zero-order chi connectivity index (χ0) is 10.5. The Hall–Kier alpha value is -0.820. The number of nitrogens with zero attached hydrogens (tertiary/aromatic N) is 1. The molecule has 82 valence electrons. The van der Waals surface area contributed by atoms with Gasteiger partial charge in [0.15, 0.2) is 0 Å². The van der Waals surface area contributed by atoms with Crippen molar-refractivity contribution < 1.29 is 0 Å². The Morgan fingerprint density at radius 3 is 1.80 bits per heavy atom. The van der Waals surface area contributed by atoms with Crippen LogP contribution in [0.4, 0.5) is 0 Å². The highest BCUT2D eigenvalue weighted by molar-refractivity contribution is 5.30. The second-order valence-electron chi connectivity index (χ2n) is 4.63. The molecule has 1 fully saturated rings. The molecule has 0 saturated carbocycles. The number of fused-ring (bicyclic) bond motifs is 1. The van der Waals surface area contributed by atoms with Gasteiger partial charge in [0.1, 0.15) is 0 Å². The molecule has 0 atom stereocenters. The van der Waals surface area contributed by atoms with Gasteiger partial charge in [-0.25, -0.2) is 0 Å². The van der Waals surface area contributed by atoms with Gasteiger partial charge in [0.25, 0.3) is 0 Å². The molecule has 0 radical (unpaired) electrons. The third-order valence-corrected chi connectivity index (χ3v) is 3.34. The maximum absolute atomic E-state index is 2.36. The van der Waals surface area contributed by atoms with Gasteiger partial charge in [0.2, 0.25) is 0 Å². The number of benzene rings is 1. The minimum absolute atomic E-state index is 1.30. The van der Waals surface area contributed by atoms with Crippen molar-refractivity contribution in [2.75, 3.05) is 20.1 Å². The van der Waals surface area contributed by atoms with Crippen LogP contribution in [0.5, 0.6) is 0 Å². The summed E-state index contributed by atoms with van der Waals surface area (Å²) in [5, 5.41) is 0. The largest absolute Gasteiger partial charge is 0.306 e. The van der Waals surface area contributed by atoms with Gasteiger partial charge in [0.05, 0.1) is 0 Å². The Labute approximate surface area is 93.1 Å². The van der Waals surface area contributed by atoms with E-state index >= 15 is 0 Å². The summed E-state index contributed by atoms with van der Waals surface area (Å²) in [5.74, 6) is 0. The first kappa shape index (κ1) is 10.7. The lowest BCUT2D eigenvalue weighted by Crippen LogP contribution is -2.10. The van der Waals surface area contributed by atoms with E-state index in [0.717, 1.165) is 0 Å². The summed E-state index contributed by atoms with van der Waals surface area (Å²) in [4.78, 5) is 2.36. The van der Waals surface area contributed by atoms with Gasteiger partial charge in [-0.2, -0.15) is 0 Å². The minimum atomic E-state index is 1.30. The Kier molecular flexibility index (Phi) is 3.79. The number of rotatable bonds is 0. The van der Waals surface area contributed by atoms with Crippen LogP contribution < -0.4 is 0 Å². The maximum atomic E-state index is 2.36. The van der Waals surface area contributed by atoms with Gasteiger partial charge in [0, 0.05) is 0 Å². The highest BCUT2D eigenvalue weighted by Gasteiger charge is 2.07.